The van der Waals surface area contributed by atoms with Crippen LogP contribution >= 0.6 is 12.4 Å². The number of nitrogens with zero attached hydrogens (tertiary/aromatic N) is 2. The number of hydrogen-bond acceptors (Lipinski definition) is 4. The molecule has 0 aliphatic heterocycles. The van der Waals surface area contributed by atoms with E-state index in [0.29, 0.717) is 17.3 Å². The molecule has 134 valence electrons. The molecule has 2 aromatic rings. The van der Waals surface area contributed by atoms with Gasteiger partial charge in [0.1, 0.15) is 6.04 Å². The van der Waals surface area contributed by atoms with E-state index in [1.165, 1.54) is 0 Å². The number of halogens is 1. The summed E-state index contributed by atoms with van der Waals surface area (Å²) in [7, 11) is 3.53. The van der Waals surface area contributed by atoms with Crippen molar-refractivity contribution < 1.29 is 9.59 Å². The van der Waals surface area contributed by atoms with Crippen LogP contribution in [-0.4, -0.2) is 34.7 Å². The summed E-state index contributed by atoms with van der Waals surface area (Å²) >= 11 is 0. The van der Waals surface area contributed by atoms with Crippen LogP contribution in [0.15, 0.2) is 36.7 Å². The molecule has 1 fully saturated rings. The lowest BCUT2D eigenvalue weighted by molar-refractivity contribution is -0.118. The third-order valence-corrected chi connectivity index (χ3v) is 3.94. The number of aryl methyl sites for hydroxylation is 1. The van der Waals surface area contributed by atoms with Crippen molar-refractivity contribution in [3.63, 3.8) is 0 Å². The maximum Gasteiger partial charge on any atom is 0.251 e. The first-order valence-corrected chi connectivity index (χ1v) is 7.94. The number of nitrogens with one attached hydrogen (secondary N) is 3. The molecule has 8 heteroatoms. The molecule has 1 saturated carbocycles. The highest BCUT2D eigenvalue weighted by Crippen LogP contribution is 2.20. The van der Waals surface area contributed by atoms with Gasteiger partial charge in [0.2, 0.25) is 5.91 Å². The van der Waals surface area contributed by atoms with E-state index in [4.69, 9.17) is 0 Å². The summed E-state index contributed by atoms with van der Waals surface area (Å²) in [6, 6.07) is 6.73. The molecule has 0 radical (unpaired) electrons. The normalized spacial score (nSPS) is 14.3. The van der Waals surface area contributed by atoms with Crippen LogP contribution in [-0.2, 0) is 11.8 Å². The van der Waals surface area contributed by atoms with Crippen LogP contribution in [0.4, 0.5) is 5.69 Å². The van der Waals surface area contributed by atoms with Crippen molar-refractivity contribution in [3.8, 4) is 0 Å². The van der Waals surface area contributed by atoms with Crippen molar-refractivity contribution in [2.24, 2.45) is 7.05 Å². The lowest BCUT2D eigenvalue weighted by Gasteiger charge is -2.14. The predicted octanol–water partition coefficient (Wildman–Crippen LogP) is 1.63. The lowest BCUT2D eigenvalue weighted by atomic mass is 10.1. The van der Waals surface area contributed by atoms with Gasteiger partial charge >= 0.3 is 0 Å². The van der Waals surface area contributed by atoms with Gasteiger partial charge in [-0.2, -0.15) is 5.10 Å². The van der Waals surface area contributed by atoms with Gasteiger partial charge in [-0.15, -0.1) is 12.4 Å². The van der Waals surface area contributed by atoms with Gasteiger partial charge < -0.3 is 16.0 Å². The summed E-state index contributed by atoms with van der Waals surface area (Å²) in [5.41, 5.74) is 2.03. The van der Waals surface area contributed by atoms with Crippen molar-refractivity contribution in [1.82, 2.24) is 20.4 Å². The minimum absolute atomic E-state index is 0. The van der Waals surface area contributed by atoms with Gasteiger partial charge in [0.25, 0.3) is 5.91 Å². The fourth-order valence-electron chi connectivity index (χ4n) is 2.45. The van der Waals surface area contributed by atoms with E-state index in [2.05, 4.69) is 21.0 Å². The molecule has 3 N–H and O–H groups in total. The molecule has 1 aliphatic rings. The molecule has 1 aliphatic carbocycles. The van der Waals surface area contributed by atoms with Crippen LogP contribution in [0.25, 0.3) is 0 Å². The highest BCUT2D eigenvalue weighted by atomic mass is 35.5. The smallest absolute Gasteiger partial charge is 0.251 e. The Morgan fingerprint density at radius 1 is 1.24 bits per heavy atom. The quantitative estimate of drug-likeness (QED) is 0.728. The van der Waals surface area contributed by atoms with Crippen LogP contribution in [0.3, 0.4) is 0 Å². The van der Waals surface area contributed by atoms with Crippen LogP contribution in [0.2, 0.25) is 0 Å². The van der Waals surface area contributed by atoms with E-state index < -0.39 is 6.04 Å². The fraction of sp³-hybridized carbons (Fsp3) is 0.353. The molecule has 7 nitrogen and oxygen atoms in total. The van der Waals surface area contributed by atoms with Crippen molar-refractivity contribution in [3.05, 3.63) is 47.8 Å². The molecule has 1 heterocycles. The van der Waals surface area contributed by atoms with E-state index in [0.717, 1.165) is 18.4 Å². The monoisotopic (exact) mass is 363 g/mol. The zero-order valence-electron chi connectivity index (χ0n) is 14.2. The minimum atomic E-state index is -0.489. The lowest BCUT2D eigenvalue weighted by Crippen LogP contribution is -2.30. The van der Waals surface area contributed by atoms with Crippen LogP contribution in [0.5, 0.6) is 0 Å². The number of carbonyl (C=O) groups is 2. The molecule has 2 amide bonds. The highest BCUT2D eigenvalue weighted by molar-refractivity contribution is 5.97. The number of rotatable bonds is 6. The molecular weight excluding hydrogens is 342 g/mol. The summed E-state index contributed by atoms with van der Waals surface area (Å²) in [5, 5.41) is 12.9. The van der Waals surface area contributed by atoms with Crippen molar-refractivity contribution in [2.45, 2.75) is 24.9 Å². The van der Waals surface area contributed by atoms with E-state index in [-0.39, 0.29) is 24.2 Å². The predicted molar refractivity (Wildman–Crippen MR) is 97.8 cm³/mol. The molecule has 0 bridgehead atoms. The number of amides is 2. The average Bonchev–Trinajstić information content (AvgIpc) is 3.28. The second-order valence-electron chi connectivity index (χ2n) is 5.98. The van der Waals surface area contributed by atoms with Crippen LogP contribution < -0.4 is 16.0 Å². The first kappa shape index (κ1) is 19.0. The van der Waals surface area contributed by atoms with Crippen molar-refractivity contribution in [1.29, 1.82) is 0 Å². The zero-order valence-corrected chi connectivity index (χ0v) is 15.0. The first-order valence-electron chi connectivity index (χ1n) is 7.94. The second-order valence-corrected chi connectivity index (χ2v) is 5.98. The molecule has 1 atom stereocenters. The van der Waals surface area contributed by atoms with Gasteiger partial charge in [0.05, 0.1) is 6.20 Å². The van der Waals surface area contributed by atoms with E-state index in [1.54, 1.807) is 55.4 Å². The largest absolute Gasteiger partial charge is 0.349 e. The van der Waals surface area contributed by atoms with E-state index in [9.17, 15) is 9.59 Å². The van der Waals surface area contributed by atoms with Gasteiger partial charge in [-0.3, -0.25) is 14.3 Å². The Hall–Kier alpha value is -2.38. The maximum absolute atomic E-state index is 12.4. The second kappa shape index (κ2) is 8.13. The van der Waals surface area contributed by atoms with Gasteiger partial charge in [-0.1, -0.05) is 0 Å². The number of hydrogen-bond donors (Lipinski definition) is 3. The Labute approximate surface area is 152 Å². The number of carbonyl (C=O) groups excluding carboxylic acids is 2. The molecule has 25 heavy (non-hydrogen) atoms. The minimum Gasteiger partial charge on any atom is -0.349 e. The number of benzene rings is 1. The van der Waals surface area contributed by atoms with E-state index in [1.807, 2.05) is 0 Å². The molecular formula is C17H22ClN5O2. The molecule has 1 aromatic carbocycles. The molecule has 3 rings (SSSR count). The number of aromatic nitrogens is 2. The summed E-state index contributed by atoms with van der Waals surface area (Å²) in [6.45, 7) is 0. The molecule has 1 aromatic heterocycles. The third-order valence-electron chi connectivity index (χ3n) is 3.94. The summed E-state index contributed by atoms with van der Waals surface area (Å²) in [5.74, 6) is -0.250. The maximum atomic E-state index is 12.4. The Bertz CT molecular complexity index is 740. The average molecular weight is 364 g/mol. The highest BCUT2D eigenvalue weighted by Gasteiger charge is 2.24. The molecule has 0 saturated heterocycles. The SMILES string of the molecule is CNC(C(=O)Nc1ccc(C(=O)NC2CC2)cc1)c1cnn(C)c1.Cl. The number of likely N-dealkylation sites (N-methyl/N-ethyl adjacent to an activating group) is 1. The Morgan fingerprint density at radius 3 is 2.44 bits per heavy atom. The van der Waals surface area contributed by atoms with Gasteiger partial charge in [-0.05, 0) is 44.2 Å². The van der Waals surface area contributed by atoms with Crippen molar-refractivity contribution in [2.75, 3.05) is 12.4 Å². The fourth-order valence-corrected chi connectivity index (χ4v) is 2.45. The summed E-state index contributed by atoms with van der Waals surface area (Å²) in [4.78, 5) is 24.4. The van der Waals surface area contributed by atoms with Crippen LogP contribution in [0.1, 0.15) is 34.8 Å². The zero-order chi connectivity index (χ0) is 17.1. The molecule has 0 spiro atoms. The standard InChI is InChI=1S/C17H21N5O2.ClH/c1-18-15(12-9-19-22(2)10-12)17(24)21-13-5-3-11(4-6-13)16(23)20-14-7-8-14;/h3-6,9-10,14-15,18H,7-8H2,1-2H3,(H,20,23)(H,21,24);1H. The van der Waals surface area contributed by atoms with Crippen molar-refractivity contribution >= 4 is 29.9 Å². The summed E-state index contributed by atoms with van der Waals surface area (Å²) in [6.07, 6.45) is 5.57. The topological polar surface area (TPSA) is 88.1 Å². The van der Waals surface area contributed by atoms with Crippen LogP contribution in [0, 0.1) is 0 Å². The Morgan fingerprint density at radius 2 is 1.92 bits per heavy atom. The number of anilines is 1. The van der Waals surface area contributed by atoms with E-state index >= 15 is 0 Å². The molecule has 1 unspecified atom stereocenters. The van der Waals surface area contributed by atoms with Gasteiger partial charge in [0.15, 0.2) is 0 Å². The summed E-state index contributed by atoms with van der Waals surface area (Å²) < 4.78 is 1.65. The first-order chi connectivity index (χ1) is 11.6. The van der Waals surface area contributed by atoms with Gasteiger partial charge in [0, 0.05) is 36.1 Å². The Kier molecular flexibility index (Phi) is 6.17. The third kappa shape index (κ3) is 4.80. The Balaban J connectivity index is 0.00000225. The van der Waals surface area contributed by atoms with Gasteiger partial charge in [-0.25, -0.2) is 0 Å².